The maximum absolute atomic E-state index is 14.2. The van der Waals surface area contributed by atoms with Gasteiger partial charge in [0.15, 0.2) is 0 Å². The number of nitrogens with two attached hydrogens (primary N) is 1. The zero-order chi connectivity index (χ0) is 33.4. The average molecular weight is 623 g/mol. The molecular weight excluding hydrogens is 576 g/mol. The number of fused-ring (bicyclic) bond motifs is 1. The van der Waals surface area contributed by atoms with E-state index >= 15 is 0 Å². The number of hydrogen-bond acceptors (Lipinski definition) is 7. The summed E-state index contributed by atoms with van der Waals surface area (Å²) < 4.78 is 0. The molecule has 1 aliphatic heterocycles. The summed E-state index contributed by atoms with van der Waals surface area (Å²) in [4.78, 5) is 84.5. The minimum Gasteiger partial charge on any atom is -0.363 e. The molecule has 3 fully saturated rings. The molecule has 5 amide bonds. The largest absolute Gasteiger partial charge is 0.363 e. The van der Waals surface area contributed by atoms with Crippen LogP contribution >= 0.6 is 0 Å². The molecule has 45 heavy (non-hydrogen) atoms. The van der Waals surface area contributed by atoms with Crippen molar-refractivity contribution in [3.05, 3.63) is 41.9 Å². The molecule has 1 saturated heterocycles. The van der Waals surface area contributed by atoms with Crippen molar-refractivity contribution in [1.82, 2.24) is 25.8 Å². The molecule has 4 rings (SSSR count). The van der Waals surface area contributed by atoms with E-state index in [4.69, 9.17) is 5.73 Å². The van der Waals surface area contributed by atoms with Crippen LogP contribution in [0.3, 0.4) is 0 Å². The highest BCUT2D eigenvalue weighted by molar-refractivity contribution is 6.42. The standard InChI is InChI=1S/C33H46N6O6/c1-17(2)23(25(40)20-13-8-9-14-35-20)37-31(45)38-27(32(3,4)5)30(44)39-16-19-22(33(19,6)7)24(39)29(43)36-21(26(41)28(34)42)15-18-11-10-12-18/h8-9,13-15,17-19,22-24,27H,10-12,16H2,1-7H3,(H2,34,42)(H,36,43)(H2,37,38,45)/b21-15+/t19-,22-,23-,24-,27+/m0/s1. The second-order valence-corrected chi connectivity index (χ2v) is 14.6. The number of pyridine rings is 1. The number of likely N-dealkylation sites (tertiary alicyclic amines) is 1. The number of nitrogens with zero attached hydrogens (tertiary/aromatic N) is 2. The summed E-state index contributed by atoms with van der Waals surface area (Å²) in [5.74, 6) is -3.87. The van der Waals surface area contributed by atoms with E-state index in [1.165, 1.54) is 11.1 Å². The number of carbonyl (C=O) groups is 6. The summed E-state index contributed by atoms with van der Waals surface area (Å²) in [5.41, 5.74) is 4.35. The van der Waals surface area contributed by atoms with Crippen LogP contribution in [0.1, 0.15) is 78.2 Å². The minimum absolute atomic E-state index is 0.0406. The highest BCUT2D eigenvalue weighted by Crippen LogP contribution is 2.65. The van der Waals surface area contributed by atoms with Crippen LogP contribution in [0.5, 0.6) is 0 Å². The van der Waals surface area contributed by atoms with Gasteiger partial charge in [-0.1, -0.05) is 67.0 Å². The lowest BCUT2D eigenvalue weighted by molar-refractivity contribution is -0.143. The maximum Gasteiger partial charge on any atom is 0.316 e. The fourth-order valence-electron chi connectivity index (χ4n) is 6.50. The first-order valence-corrected chi connectivity index (χ1v) is 15.6. The number of hydrogen-bond donors (Lipinski definition) is 4. The highest BCUT2D eigenvalue weighted by Gasteiger charge is 2.69. The predicted octanol–water partition coefficient (Wildman–Crippen LogP) is 2.34. The maximum atomic E-state index is 14.2. The van der Waals surface area contributed by atoms with E-state index in [1.807, 2.05) is 13.8 Å². The van der Waals surface area contributed by atoms with E-state index in [0.29, 0.717) is 6.54 Å². The molecule has 0 bridgehead atoms. The monoisotopic (exact) mass is 622 g/mol. The van der Waals surface area contributed by atoms with E-state index < -0.39 is 53.1 Å². The van der Waals surface area contributed by atoms with E-state index in [2.05, 4.69) is 20.9 Å². The number of allylic oxidation sites excluding steroid dienone is 1. The van der Waals surface area contributed by atoms with Gasteiger partial charge in [-0.05, 0) is 59.5 Å². The van der Waals surface area contributed by atoms with Crippen molar-refractivity contribution < 1.29 is 28.8 Å². The van der Waals surface area contributed by atoms with Crippen molar-refractivity contribution in [2.75, 3.05) is 6.54 Å². The first kappa shape index (κ1) is 33.8. The van der Waals surface area contributed by atoms with Crippen LogP contribution < -0.4 is 21.7 Å². The van der Waals surface area contributed by atoms with Crippen molar-refractivity contribution in [2.24, 2.45) is 40.2 Å². The Kier molecular flexibility index (Phi) is 9.56. The summed E-state index contributed by atoms with van der Waals surface area (Å²) in [5, 5.41) is 8.14. The number of nitrogens with one attached hydrogen (secondary N) is 3. The smallest absolute Gasteiger partial charge is 0.316 e. The molecule has 0 radical (unpaired) electrons. The van der Waals surface area contributed by atoms with E-state index in [-0.39, 0.29) is 46.3 Å². The molecule has 1 aromatic rings. The van der Waals surface area contributed by atoms with Gasteiger partial charge in [-0.2, -0.15) is 0 Å². The van der Waals surface area contributed by atoms with Crippen LogP contribution in [-0.2, 0) is 19.2 Å². The number of ketones is 2. The first-order valence-electron chi connectivity index (χ1n) is 15.6. The Labute approximate surface area is 264 Å². The molecule has 3 aliphatic rings. The Morgan fingerprint density at radius 3 is 2.24 bits per heavy atom. The second kappa shape index (κ2) is 12.7. The fraction of sp³-hybridized carbons (Fsp3) is 0.606. The molecule has 1 aromatic heterocycles. The molecule has 5 N–H and O–H groups in total. The third-order valence-corrected chi connectivity index (χ3v) is 9.58. The van der Waals surface area contributed by atoms with Crippen LogP contribution in [0.2, 0.25) is 0 Å². The third kappa shape index (κ3) is 7.10. The number of carbonyl (C=O) groups excluding carboxylic acids is 6. The molecule has 2 saturated carbocycles. The van der Waals surface area contributed by atoms with Gasteiger partial charge in [0.2, 0.25) is 17.6 Å². The fourth-order valence-corrected chi connectivity index (χ4v) is 6.50. The SMILES string of the molecule is CC(C)[C@H](NC(=O)N[C@H](C(=O)N1C[C@H]2[C@@H]([C@H]1C(=O)N/C(=C/C1CCC1)C(=O)C(N)=O)C2(C)C)C(C)(C)C)C(=O)c1ccccn1. The summed E-state index contributed by atoms with van der Waals surface area (Å²) in [6.07, 6.45) is 5.75. The van der Waals surface area contributed by atoms with Gasteiger partial charge in [0.05, 0.1) is 11.7 Å². The highest BCUT2D eigenvalue weighted by atomic mass is 16.2. The molecule has 2 aliphatic carbocycles. The van der Waals surface area contributed by atoms with Gasteiger partial charge in [0.25, 0.3) is 11.7 Å². The third-order valence-electron chi connectivity index (χ3n) is 9.58. The molecule has 0 aromatic carbocycles. The number of Topliss-reactive ketones (excluding diaryl/α,β-unsaturated/α-hetero) is 2. The van der Waals surface area contributed by atoms with E-state index in [0.717, 1.165) is 19.3 Å². The van der Waals surface area contributed by atoms with Crippen molar-refractivity contribution in [3.8, 4) is 0 Å². The molecule has 0 unspecified atom stereocenters. The Morgan fingerprint density at radius 1 is 1.07 bits per heavy atom. The van der Waals surface area contributed by atoms with Gasteiger partial charge >= 0.3 is 6.03 Å². The van der Waals surface area contributed by atoms with Crippen LogP contribution in [0.25, 0.3) is 0 Å². The van der Waals surface area contributed by atoms with Crippen LogP contribution in [0.15, 0.2) is 36.2 Å². The first-order chi connectivity index (χ1) is 20.9. The van der Waals surface area contributed by atoms with E-state index in [9.17, 15) is 28.8 Å². The summed E-state index contributed by atoms with van der Waals surface area (Å²) in [7, 11) is 0. The second-order valence-electron chi connectivity index (χ2n) is 14.6. The summed E-state index contributed by atoms with van der Waals surface area (Å²) >= 11 is 0. The van der Waals surface area contributed by atoms with Gasteiger partial charge in [-0.15, -0.1) is 0 Å². The molecule has 5 atom stereocenters. The number of aromatic nitrogens is 1. The van der Waals surface area contributed by atoms with Crippen molar-refractivity contribution in [2.45, 2.75) is 85.9 Å². The van der Waals surface area contributed by atoms with Crippen molar-refractivity contribution in [3.63, 3.8) is 0 Å². The minimum atomic E-state index is -1.17. The molecular formula is C33H46N6O6. The Bertz CT molecular complexity index is 1390. The van der Waals surface area contributed by atoms with Gasteiger partial charge in [-0.3, -0.25) is 29.0 Å². The normalized spacial score (nSPS) is 23.7. The summed E-state index contributed by atoms with van der Waals surface area (Å²) in [6.45, 7) is 13.4. The molecule has 0 spiro atoms. The summed E-state index contributed by atoms with van der Waals surface area (Å²) in [6, 6.07) is 1.39. The number of urea groups is 1. The lowest BCUT2D eigenvalue weighted by Crippen LogP contribution is -2.61. The quantitative estimate of drug-likeness (QED) is 0.166. The average Bonchev–Trinajstić information content (AvgIpc) is 3.26. The lowest BCUT2D eigenvalue weighted by atomic mass is 9.84. The topological polar surface area (TPSA) is 181 Å². The Morgan fingerprint density at radius 2 is 1.73 bits per heavy atom. The zero-order valence-corrected chi connectivity index (χ0v) is 27.2. The van der Waals surface area contributed by atoms with Gasteiger partial charge in [-0.25, -0.2) is 4.79 Å². The molecule has 12 heteroatoms. The number of primary amides is 1. The van der Waals surface area contributed by atoms with Gasteiger partial charge in [0.1, 0.15) is 17.8 Å². The number of rotatable bonds is 11. The lowest BCUT2D eigenvalue weighted by Gasteiger charge is -2.38. The van der Waals surface area contributed by atoms with Crippen LogP contribution in [-0.4, -0.2) is 69.9 Å². The Balaban J connectivity index is 1.55. The van der Waals surface area contributed by atoms with Crippen LogP contribution in [0.4, 0.5) is 4.79 Å². The number of amides is 5. The Hall–Kier alpha value is -4.09. The predicted molar refractivity (Wildman–Crippen MR) is 166 cm³/mol. The van der Waals surface area contributed by atoms with E-state index in [1.54, 1.807) is 58.9 Å². The number of piperidine rings is 1. The van der Waals surface area contributed by atoms with Crippen molar-refractivity contribution >= 4 is 35.3 Å². The molecule has 244 valence electrons. The molecule has 2 heterocycles. The van der Waals surface area contributed by atoms with Gasteiger partial charge < -0.3 is 26.6 Å². The van der Waals surface area contributed by atoms with Crippen molar-refractivity contribution in [1.29, 1.82) is 0 Å². The van der Waals surface area contributed by atoms with Crippen LogP contribution in [0, 0.1) is 34.5 Å². The zero-order valence-electron chi connectivity index (χ0n) is 27.2. The molecule has 12 nitrogen and oxygen atoms in total. The van der Waals surface area contributed by atoms with Gasteiger partial charge in [0, 0.05) is 12.7 Å².